The van der Waals surface area contributed by atoms with Crippen molar-refractivity contribution in [2.24, 2.45) is 0 Å². The molecule has 2 rings (SSSR count). The Hall–Kier alpha value is -2.36. The van der Waals surface area contributed by atoms with Gasteiger partial charge in [0.05, 0.1) is 17.9 Å². The quantitative estimate of drug-likeness (QED) is 0.897. The topological polar surface area (TPSA) is 59.4 Å². The van der Waals surface area contributed by atoms with Gasteiger partial charge in [0, 0.05) is 11.8 Å². The van der Waals surface area contributed by atoms with E-state index in [4.69, 9.17) is 9.84 Å². The Bertz CT molecular complexity index is 566. The zero-order chi connectivity index (χ0) is 13.0. The van der Waals surface area contributed by atoms with Crippen LogP contribution in [0.15, 0.2) is 42.6 Å². The Balaban J connectivity index is 2.38. The molecule has 0 saturated heterocycles. The monoisotopic (exact) mass is 243 g/mol. The summed E-state index contributed by atoms with van der Waals surface area (Å²) >= 11 is 0. The summed E-state index contributed by atoms with van der Waals surface area (Å²) in [6, 6.07) is 10.4. The van der Waals surface area contributed by atoms with E-state index in [9.17, 15) is 4.79 Å². The predicted octanol–water partition coefficient (Wildman–Crippen LogP) is 2.85. The number of pyridine rings is 1. The molecule has 0 aliphatic carbocycles. The van der Waals surface area contributed by atoms with Crippen molar-refractivity contribution in [3.05, 3.63) is 48.2 Å². The second-order valence-corrected chi connectivity index (χ2v) is 3.70. The maximum absolute atomic E-state index is 10.9. The van der Waals surface area contributed by atoms with E-state index in [-0.39, 0.29) is 5.56 Å². The number of aromatic nitrogens is 1. The molecule has 0 saturated carbocycles. The van der Waals surface area contributed by atoms with E-state index in [1.54, 1.807) is 6.07 Å². The van der Waals surface area contributed by atoms with Crippen molar-refractivity contribution >= 4 is 5.97 Å². The first-order valence-corrected chi connectivity index (χ1v) is 5.63. The largest absolute Gasteiger partial charge is 0.494 e. The average molecular weight is 243 g/mol. The fourth-order valence-corrected chi connectivity index (χ4v) is 1.63. The van der Waals surface area contributed by atoms with Gasteiger partial charge in [-0.15, -0.1) is 0 Å². The van der Waals surface area contributed by atoms with Crippen LogP contribution in [0, 0.1) is 0 Å². The third-order valence-corrected chi connectivity index (χ3v) is 2.45. The molecule has 0 aliphatic heterocycles. The van der Waals surface area contributed by atoms with Crippen molar-refractivity contribution in [2.45, 2.75) is 6.92 Å². The SMILES string of the molecule is CCOc1cccc(-c2cc(C(=O)O)ccn2)c1. The van der Waals surface area contributed by atoms with E-state index < -0.39 is 5.97 Å². The molecule has 1 heterocycles. The highest BCUT2D eigenvalue weighted by atomic mass is 16.5. The lowest BCUT2D eigenvalue weighted by Crippen LogP contribution is -1.97. The molecule has 0 bridgehead atoms. The number of hydrogen-bond acceptors (Lipinski definition) is 3. The summed E-state index contributed by atoms with van der Waals surface area (Å²) in [7, 11) is 0. The Kier molecular flexibility index (Phi) is 3.57. The molecule has 0 aliphatic rings. The normalized spacial score (nSPS) is 10.1. The third-order valence-electron chi connectivity index (χ3n) is 2.45. The summed E-state index contributed by atoms with van der Waals surface area (Å²) in [6.45, 7) is 2.50. The van der Waals surface area contributed by atoms with Gasteiger partial charge in [0.2, 0.25) is 0 Å². The number of carbonyl (C=O) groups is 1. The summed E-state index contributed by atoms with van der Waals surface area (Å²) in [5, 5.41) is 8.94. The average Bonchev–Trinajstić information content (AvgIpc) is 2.39. The van der Waals surface area contributed by atoms with Gasteiger partial charge in [-0.1, -0.05) is 12.1 Å². The molecule has 0 unspecified atom stereocenters. The fourth-order valence-electron chi connectivity index (χ4n) is 1.63. The highest BCUT2D eigenvalue weighted by Crippen LogP contribution is 2.22. The van der Waals surface area contributed by atoms with Gasteiger partial charge in [-0.05, 0) is 31.2 Å². The smallest absolute Gasteiger partial charge is 0.335 e. The summed E-state index contributed by atoms with van der Waals surface area (Å²) in [5.41, 5.74) is 1.68. The zero-order valence-electron chi connectivity index (χ0n) is 9.96. The van der Waals surface area contributed by atoms with Crippen LogP contribution < -0.4 is 4.74 Å². The zero-order valence-corrected chi connectivity index (χ0v) is 9.96. The first kappa shape index (κ1) is 12.1. The molecule has 0 amide bonds. The third kappa shape index (κ3) is 2.66. The molecule has 0 fully saturated rings. The molecule has 1 aromatic carbocycles. The van der Waals surface area contributed by atoms with Gasteiger partial charge in [-0.2, -0.15) is 0 Å². The molecule has 92 valence electrons. The molecule has 18 heavy (non-hydrogen) atoms. The molecule has 2 aromatic rings. The number of nitrogens with zero attached hydrogens (tertiary/aromatic N) is 1. The number of rotatable bonds is 4. The van der Waals surface area contributed by atoms with Crippen LogP contribution in [0.5, 0.6) is 5.75 Å². The summed E-state index contributed by atoms with van der Waals surface area (Å²) in [5.74, 6) is -0.211. The lowest BCUT2D eigenvalue weighted by molar-refractivity contribution is 0.0697. The lowest BCUT2D eigenvalue weighted by atomic mass is 10.1. The standard InChI is InChI=1S/C14H13NO3/c1-2-18-12-5-3-4-10(8-12)13-9-11(14(16)17)6-7-15-13/h3-9H,2H2,1H3,(H,16,17). The Morgan fingerprint density at radius 1 is 1.33 bits per heavy atom. The minimum absolute atomic E-state index is 0.224. The number of ether oxygens (including phenoxy) is 1. The van der Waals surface area contributed by atoms with E-state index in [0.29, 0.717) is 12.3 Å². The van der Waals surface area contributed by atoms with Crippen molar-refractivity contribution in [3.8, 4) is 17.0 Å². The van der Waals surface area contributed by atoms with Gasteiger partial charge < -0.3 is 9.84 Å². The van der Waals surface area contributed by atoms with Crippen LogP contribution in [0.3, 0.4) is 0 Å². The van der Waals surface area contributed by atoms with E-state index in [2.05, 4.69) is 4.98 Å². The highest BCUT2D eigenvalue weighted by Gasteiger charge is 2.06. The highest BCUT2D eigenvalue weighted by molar-refractivity contribution is 5.88. The predicted molar refractivity (Wildman–Crippen MR) is 67.8 cm³/mol. The summed E-state index contributed by atoms with van der Waals surface area (Å²) in [6.07, 6.45) is 1.49. The van der Waals surface area contributed by atoms with Crippen molar-refractivity contribution in [1.82, 2.24) is 4.98 Å². The van der Waals surface area contributed by atoms with Gasteiger partial charge >= 0.3 is 5.97 Å². The van der Waals surface area contributed by atoms with Crippen molar-refractivity contribution in [3.63, 3.8) is 0 Å². The van der Waals surface area contributed by atoms with Crippen molar-refractivity contribution < 1.29 is 14.6 Å². The van der Waals surface area contributed by atoms with Crippen LogP contribution in [0.25, 0.3) is 11.3 Å². The summed E-state index contributed by atoms with van der Waals surface area (Å²) in [4.78, 5) is 15.1. The minimum Gasteiger partial charge on any atom is -0.494 e. The maximum atomic E-state index is 10.9. The van der Waals surface area contributed by atoms with Gasteiger partial charge in [0.15, 0.2) is 0 Å². The van der Waals surface area contributed by atoms with Crippen LogP contribution in [0.4, 0.5) is 0 Å². The van der Waals surface area contributed by atoms with Crippen LogP contribution in [0.2, 0.25) is 0 Å². The van der Waals surface area contributed by atoms with Crippen molar-refractivity contribution in [1.29, 1.82) is 0 Å². The van der Waals surface area contributed by atoms with Crippen LogP contribution in [-0.4, -0.2) is 22.7 Å². The van der Waals surface area contributed by atoms with Gasteiger partial charge in [0.1, 0.15) is 5.75 Å². The number of benzene rings is 1. The van der Waals surface area contributed by atoms with Crippen LogP contribution in [0.1, 0.15) is 17.3 Å². The first-order chi connectivity index (χ1) is 8.70. The second kappa shape index (κ2) is 5.31. The van der Waals surface area contributed by atoms with E-state index in [1.807, 2.05) is 31.2 Å². The molecule has 0 atom stereocenters. The molecule has 4 heteroatoms. The molecular weight excluding hydrogens is 230 g/mol. The summed E-state index contributed by atoms with van der Waals surface area (Å²) < 4.78 is 5.40. The van der Waals surface area contributed by atoms with E-state index in [1.165, 1.54) is 12.3 Å². The first-order valence-electron chi connectivity index (χ1n) is 5.63. The maximum Gasteiger partial charge on any atom is 0.335 e. The molecule has 1 N–H and O–H groups in total. The number of carboxylic acids is 1. The molecule has 0 spiro atoms. The van der Waals surface area contributed by atoms with Gasteiger partial charge in [0.25, 0.3) is 0 Å². The van der Waals surface area contributed by atoms with Crippen molar-refractivity contribution in [2.75, 3.05) is 6.61 Å². The number of aromatic carboxylic acids is 1. The van der Waals surface area contributed by atoms with Gasteiger partial charge in [-0.3, -0.25) is 4.98 Å². The Morgan fingerprint density at radius 3 is 2.89 bits per heavy atom. The Labute approximate surface area is 105 Å². The molecular formula is C14H13NO3. The van der Waals surface area contributed by atoms with Crippen LogP contribution >= 0.6 is 0 Å². The fraction of sp³-hybridized carbons (Fsp3) is 0.143. The van der Waals surface area contributed by atoms with E-state index >= 15 is 0 Å². The second-order valence-electron chi connectivity index (χ2n) is 3.70. The number of hydrogen-bond donors (Lipinski definition) is 1. The Morgan fingerprint density at radius 2 is 2.17 bits per heavy atom. The lowest BCUT2D eigenvalue weighted by Gasteiger charge is -2.06. The molecule has 0 radical (unpaired) electrons. The molecule has 1 aromatic heterocycles. The minimum atomic E-state index is -0.959. The van der Waals surface area contributed by atoms with E-state index in [0.717, 1.165) is 11.3 Å². The number of carboxylic acid groups (broad SMARTS) is 1. The molecule has 4 nitrogen and oxygen atoms in total. The van der Waals surface area contributed by atoms with Gasteiger partial charge in [-0.25, -0.2) is 4.79 Å². The van der Waals surface area contributed by atoms with Crippen LogP contribution in [-0.2, 0) is 0 Å².